The lowest BCUT2D eigenvalue weighted by Crippen LogP contribution is -2.56. The fraction of sp³-hybridized carbons (Fsp3) is 0.923. The molecule has 0 aromatic heterocycles. The molecule has 4 heteroatoms. The minimum atomic E-state index is -0.222. The molecule has 2 aliphatic heterocycles. The number of carbonyl (C=O) groups excluding carboxylic acids is 1. The summed E-state index contributed by atoms with van der Waals surface area (Å²) in [7, 11) is 0. The molecule has 0 spiro atoms. The highest BCUT2D eigenvalue weighted by Crippen LogP contribution is 2.27. The van der Waals surface area contributed by atoms with Crippen LogP contribution in [-0.2, 0) is 4.79 Å². The van der Waals surface area contributed by atoms with Gasteiger partial charge in [0.15, 0.2) is 0 Å². The predicted octanol–water partition coefficient (Wildman–Crippen LogP) is 2.20. The number of hydrogen-bond acceptors (Lipinski definition) is 2. The molecular formula is C13H25ClN2O. The molecule has 100 valence electrons. The average Bonchev–Trinajstić information content (AvgIpc) is 2.79. The molecule has 0 aromatic carbocycles. The van der Waals surface area contributed by atoms with E-state index in [1.165, 1.54) is 12.8 Å². The van der Waals surface area contributed by atoms with Gasteiger partial charge in [0, 0.05) is 13.1 Å². The maximum Gasteiger partial charge on any atom is 0.242 e. The quantitative estimate of drug-likeness (QED) is 0.826. The highest BCUT2D eigenvalue weighted by atomic mass is 35.5. The average molecular weight is 261 g/mol. The van der Waals surface area contributed by atoms with Crippen molar-refractivity contribution in [2.75, 3.05) is 19.6 Å². The second-order valence-electron chi connectivity index (χ2n) is 5.44. The molecule has 0 saturated carbocycles. The topological polar surface area (TPSA) is 32.3 Å². The van der Waals surface area contributed by atoms with Crippen molar-refractivity contribution < 1.29 is 4.79 Å². The Hall–Kier alpha value is -0.280. The van der Waals surface area contributed by atoms with E-state index in [9.17, 15) is 4.79 Å². The van der Waals surface area contributed by atoms with Gasteiger partial charge < -0.3 is 10.2 Å². The van der Waals surface area contributed by atoms with E-state index in [-0.39, 0.29) is 17.9 Å². The van der Waals surface area contributed by atoms with Crippen LogP contribution in [0.15, 0.2) is 0 Å². The first-order valence-electron chi connectivity index (χ1n) is 6.72. The van der Waals surface area contributed by atoms with E-state index in [0.29, 0.717) is 5.91 Å². The Morgan fingerprint density at radius 3 is 2.53 bits per heavy atom. The van der Waals surface area contributed by atoms with E-state index in [4.69, 9.17) is 0 Å². The van der Waals surface area contributed by atoms with Crippen LogP contribution in [0.25, 0.3) is 0 Å². The zero-order valence-corrected chi connectivity index (χ0v) is 11.8. The van der Waals surface area contributed by atoms with Crippen molar-refractivity contribution in [3.63, 3.8) is 0 Å². The number of halogens is 1. The number of nitrogens with zero attached hydrogens (tertiary/aromatic N) is 1. The van der Waals surface area contributed by atoms with E-state index in [1.54, 1.807) is 0 Å². The molecule has 1 unspecified atom stereocenters. The van der Waals surface area contributed by atoms with Gasteiger partial charge in [0.2, 0.25) is 5.91 Å². The first-order chi connectivity index (χ1) is 7.68. The highest BCUT2D eigenvalue weighted by Gasteiger charge is 2.42. The SMILES string of the molecule is CCC1(C(=O)N2CCC(C)CC2)CCCN1.Cl. The molecule has 0 aromatic rings. The third-order valence-electron chi connectivity index (χ3n) is 4.33. The summed E-state index contributed by atoms with van der Waals surface area (Å²) in [4.78, 5) is 14.6. The van der Waals surface area contributed by atoms with Crippen LogP contribution in [0.1, 0.15) is 46.0 Å². The lowest BCUT2D eigenvalue weighted by molar-refractivity contribution is -0.139. The van der Waals surface area contributed by atoms with Crippen molar-refractivity contribution >= 4 is 18.3 Å². The highest BCUT2D eigenvalue weighted by molar-refractivity contribution is 5.86. The summed E-state index contributed by atoms with van der Waals surface area (Å²) in [6.45, 7) is 7.34. The smallest absolute Gasteiger partial charge is 0.242 e. The van der Waals surface area contributed by atoms with Crippen molar-refractivity contribution in [2.45, 2.75) is 51.5 Å². The van der Waals surface area contributed by atoms with Crippen LogP contribution in [0.2, 0.25) is 0 Å². The fourth-order valence-corrected chi connectivity index (χ4v) is 2.96. The van der Waals surface area contributed by atoms with Gasteiger partial charge in [-0.15, -0.1) is 12.4 Å². The molecule has 2 fully saturated rings. The molecule has 1 atom stereocenters. The van der Waals surface area contributed by atoms with Crippen LogP contribution >= 0.6 is 12.4 Å². The fourth-order valence-electron chi connectivity index (χ4n) is 2.96. The van der Waals surface area contributed by atoms with Gasteiger partial charge in [-0.3, -0.25) is 4.79 Å². The van der Waals surface area contributed by atoms with E-state index in [2.05, 4.69) is 24.1 Å². The molecule has 0 radical (unpaired) electrons. The van der Waals surface area contributed by atoms with Crippen molar-refractivity contribution in [3.8, 4) is 0 Å². The maximum absolute atomic E-state index is 12.5. The largest absolute Gasteiger partial charge is 0.341 e. The minimum Gasteiger partial charge on any atom is -0.341 e. The summed E-state index contributed by atoms with van der Waals surface area (Å²) >= 11 is 0. The van der Waals surface area contributed by atoms with Gasteiger partial charge in [-0.1, -0.05) is 13.8 Å². The van der Waals surface area contributed by atoms with Crippen molar-refractivity contribution in [3.05, 3.63) is 0 Å². The van der Waals surface area contributed by atoms with Gasteiger partial charge in [-0.2, -0.15) is 0 Å². The van der Waals surface area contributed by atoms with Gasteiger partial charge in [-0.25, -0.2) is 0 Å². The first kappa shape index (κ1) is 14.8. The Balaban J connectivity index is 0.00000144. The summed E-state index contributed by atoms with van der Waals surface area (Å²) in [6, 6.07) is 0. The summed E-state index contributed by atoms with van der Waals surface area (Å²) in [6.07, 6.45) is 5.44. The zero-order chi connectivity index (χ0) is 11.6. The Morgan fingerprint density at radius 1 is 1.41 bits per heavy atom. The number of hydrogen-bond donors (Lipinski definition) is 1. The van der Waals surface area contributed by atoms with E-state index < -0.39 is 0 Å². The van der Waals surface area contributed by atoms with Crippen LogP contribution in [0, 0.1) is 5.92 Å². The normalized spacial score (nSPS) is 30.1. The molecule has 1 amide bonds. The molecule has 2 aliphatic rings. The van der Waals surface area contributed by atoms with E-state index in [0.717, 1.165) is 44.8 Å². The third kappa shape index (κ3) is 2.94. The van der Waals surface area contributed by atoms with Gasteiger partial charge >= 0.3 is 0 Å². The standard InChI is InChI=1S/C13H24N2O.ClH/c1-3-13(7-4-8-14-13)12(16)15-9-5-11(2)6-10-15;/h11,14H,3-10H2,1-2H3;1H. The molecule has 0 aliphatic carbocycles. The predicted molar refractivity (Wildman–Crippen MR) is 72.5 cm³/mol. The van der Waals surface area contributed by atoms with E-state index >= 15 is 0 Å². The molecule has 0 bridgehead atoms. The van der Waals surface area contributed by atoms with Crippen LogP contribution in [-0.4, -0.2) is 36.0 Å². The number of rotatable bonds is 2. The van der Waals surface area contributed by atoms with Gasteiger partial charge in [0.05, 0.1) is 5.54 Å². The van der Waals surface area contributed by atoms with Gasteiger partial charge in [0.1, 0.15) is 0 Å². The molecule has 17 heavy (non-hydrogen) atoms. The third-order valence-corrected chi connectivity index (χ3v) is 4.33. The number of piperidine rings is 1. The molecule has 2 rings (SSSR count). The van der Waals surface area contributed by atoms with Crippen molar-refractivity contribution in [1.82, 2.24) is 10.2 Å². The number of carbonyl (C=O) groups is 1. The molecule has 2 heterocycles. The maximum atomic E-state index is 12.5. The number of likely N-dealkylation sites (tertiary alicyclic amines) is 1. The first-order valence-corrected chi connectivity index (χ1v) is 6.72. The molecule has 2 saturated heterocycles. The van der Waals surface area contributed by atoms with Crippen LogP contribution in [0.5, 0.6) is 0 Å². The zero-order valence-electron chi connectivity index (χ0n) is 11.0. The molecule has 3 nitrogen and oxygen atoms in total. The number of nitrogens with one attached hydrogen (secondary N) is 1. The minimum absolute atomic E-state index is 0. The van der Waals surface area contributed by atoms with Crippen LogP contribution in [0.3, 0.4) is 0 Å². The van der Waals surface area contributed by atoms with Crippen molar-refractivity contribution in [2.24, 2.45) is 5.92 Å². The monoisotopic (exact) mass is 260 g/mol. The Kier molecular flexibility index (Phi) is 5.26. The molecular weight excluding hydrogens is 236 g/mol. The van der Waals surface area contributed by atoms with Gasteiger partial charge in [-0.05, 0) is 44.6 Å². The number of amides is 1. The Bertz CT molecular complexity index is 256. The molecule has 1 N–H and O–H groups in total. The second kappa shape index (κ2) is 6.05. The second-order valence-corrected chi connectivity index (χ2v) is 5.44. The Morgan fingerprint density at radius 2 is 2.06 bits per heavy atom. The van der Waals surface area contributed by atoms with Gasteiger partial charge in [0.25, 0.3) is 0 Å². The van der Waals surface area contributed by atoms with Crippen LogP contribution < -0.4 is 5.32 Å². The Labute approximate surface area is 111 Å². The van der Waals surface area contributed by atoms with Crippen LogP contribution in [0.4, 0.5) is 0 Å². The lowest BCUT2D eigenvalue weighted by atomic mass is 9.90. The summed E-state index contributed by atoms with van der Waals surface area (Å²) in [5, 5.41) is 3.44. The summed E-state index contributed by atoms with van der Waals surface area (Å²) < 4.78 is 0. The van der Waals surface area contributed by atoms with Crippen molar-refractivity contribution in [1.29, 1.82) is 0 Å². The summed E-state index contributed by atoms with van der Waals surface area (Å²) in [5.41, 5.74) is -0.222. The summed E-state index contributed by atoms with van der Waals surface area (Å²) in [5.74, 6) is 1.15. The lowest BCUT2D eigenvalue weighted by Gasteiger charge is -2.37. The van der Waals surface area contributed by atoms with E-state index in [1.807, 2.05) is 0 Å².